The van der Waals surface area contributed by atoms with Gasteiger partial charge in [0.05, 0.1) is 30.3 Å². The summed E-state index contributed by atoms with van der Waals surface area (Å²) in [6.07, 6.45) is 0. The van der Waals surface area contributed by atoms with Gasteiger partial charge in [-0.3, -0.25) is 10.1 Å². The van der Waals surface area contributed by atoms with Crippen molar-refractivity contribution < 1.29 is 23.9 Å². The van der Waals surface area contributed by atoms with Gasteiger partial charge in [-0.15, -0.1) is 0 Å². The van der Waals surface area contributed by atoms with Crippen LogP contribution >= 0.6 is 0 Å². The summed E-state index contributed by atoms with van der Waals surface area (Å²) in [5, 5.41) is 4.30. The normalized spacial score (nSPS) is 20.9. The molecule has 2 aliphatic heterocycles. The lowest BCUT2D eigenvalue weighted by molar-refractivity contribution is -0.171. The van der Waals surface area contributed by atoms with Crippen LogP contribution in [0.1, 0.15) is 42.1 Å². The second-order valence-corrected chi connectivity index (χ2v) is 10.2. The standard InChI is InChI=1S/C32H31N3O5/c1-5-39-29(37)31(30(38)40-6-2)26(21-14-8-7-9-15-21)27-20(3)22-16-10-12-18-24(22)35(27)32(33-31)23-17-11-13-19-25(23)34(4)28(32)36/h7-19,26,33H,5-6H2,1-4H3. The van der Waals surface area contributed by atoms with Crippen LogP contribution in [0.4, 0.5) is 5.69 Å². The van der Waals surface area contributed by atoms with E-state index in [-0.39, 0.29) is 19.1 Å². The molecule has 3 aromatic carbocycles. The quantitative estimate of drug-likeness (QED) is 0.303. The molecule has 1 amide bonds. The van der Waals surface area contributed by atoms with E-state index in [0.29, 0.717) is 22.5 Å². The summed E-state index contributed by atoms with van der Waals surface area (Å²) in [6.45, 7) is 5.45. The highest BCUT2D eigenvalue weighted by Gasteiger charge is 2.69. The molecule has 1 aromatic heterocycles. The minimum Gasteiger partial charge on any atom is -0.464 e. The van der Waals surface area contributed by atoms with Crippen LogP contribution in [0, 0.1) is 6.92 Å². The largest absolute Gasteiger partial charge is 0.464 e. The number of nitrogens with one attached hydrogen (secondary N) is 1. The Morgan fingerprint density at radius 3 is 2.15 bits per heavy atom. The molecule has 8 nitrogen and oxygen atoms in total. The molecule has 204 valence electrons. The molecule has 0 fully saturated rings. The fraction of sp³-hybridized carbons (Fsp3) is 0.281. The molecular weight excluding hydrogens is 506 g/mol. The third-order valence-electron chi connectivity index (χ3n) is 8.19. The third kappa shape index (κ3) is 3.20. The number of likely N-dealkylation sites (N-methyl/N-ethyl adjacent to an activating group) is 1. The fourth-order valence-electron chi connectivity index (χ4n) is 6.59. The van der Waals surface area contributed by atoms with E-state index in [2.05, 4.69) is 5.32 Å². The molecule has 4 aromatic rings. The van der Waals surface area contributed by atoms with Crippen molar-refractivity contribution in [3.8, 4) is 0 Å². The lowest BCUT2D eigenvalue weighted by Gasteiger charge is -2.49. The summed E-state index contributed by atoms with van der Waals surface area (Å²) in [7, 11) is 1.70. The maximum Gasteiger partial charge on any atom is 0.339 e. The van der Waals surface area contributed by atoms with Crippen molar-refractivity contribution in [1.29, 1.82) is 0 Å². The van der Waals surface area contributed by atoms with E-state index < -0.39 is 29.1 Å². The molecule has 1 spiro atoms. The van der Waals surface area contributed by atoms with Crippen molar-refractivity contribution >= 4 is 34.4 Å². The van der Waals surface area contributed by atoms with Gasteiger partial charge in [-0.1, -0.05) is 66.7 Å². The van der Waals surface area contributed by atoms with E-state index >= 15 is 0 Å². The highest BCUT2D eigenvalue weighted by molar-refractivity contribution is 6.13. The predicted molar refractivity (Wildman–Crippen MR) is 151 cm³/mol. The van der Waals surface area contributed by atoms with Gasteiger partial charge in [-0.05, 0) is 44.0 Å². The number of benzene rings is 3. The van der Waals surface area contributed by atoms with Crippen LogP contribution in [0.5, 0.6) is 0 Å². The van der Waals surface area contributed by atoms with Crippen LogP contribution in [0.25, 0.3) is 10.9 Å². The number of carbonyl (C=O) groups is 3. The summed E-state index contributed by atoms with van der Waals surface area (Å²) >= 11 is 0. The Morgan fingerprint density at radius 2 is 1.48 bits per heavy atom. The van der Waals surface area contributed by atoms with Crippen molar-refractivity contribution in [1.82, 2.24) is 9.88 Å². The number of anilines is 1. The molecule has 3 heterocycles. The molecule has 0 saturated carbocycles. The van der Waals surface area contributed by atoms with Gasteiger partial charge < -0.3 is 18.9 Å². The Hall–Kier alpha value is -4.43. The molecule has 0 radical (unpaired) electrons. The first-order valence-corrected chi connectivity index (χ1v) is 13.5. The number of rotatable bonds is 5. The summed E-state index contributed by atoms with van der Waals surface area (Å²) in [5.41, 5.74) is 0.674. The van der Waals surface area contributed by atoms with Gasteiger partial charge in [-0.2, -0.15) is 0 Å². The van der Waals surface area contributed by atoms with Crippen molar-refractivity contribution in [2.75, 3.05) is 25.2 Å². The molecule has 2 unspecified atom stereocenters. The lowest BCUT2D eigenvalue weighted by Crippen LogP contribution is -2.75. The summed E-state index contributed by atoms with van der Waals surface area (Å²) in [6, 6.07) is 24.7. The van der Waals surface area contributed by atoms with Gasteiger partial charge in [0.2, 0.25) is 11.2 Å². The molecular formula is C32H31N3O5. The number of hydrogen-bond acceptors (Lipinski definition) is 6. The molecule has 2 atom stereocenters. The number of aromatic nitrogens is 1. The molecule has 40 heavy (non-hydrogen) atoms. The van der Waals surface area contributed by atoms with Crippen LogP contribution in [0.15, 0.2) is 78.9 Å². The predicted octanol–water partition coefficient (Wildman–Crippen LogP) is 4.23. The molecule has 0 aliphatic carbocycles. The van der Waals surface area contributed by atoms with Crippen LogP contribution in [-0.2, 0) is 29.5 Å². The first kappa shape index (κ1) is 25.8. The Labute approximate surface area is 232 Å². The third-order valence-corrected chi connectivity index (χ3v) is 8.19. The Balaban J connectivity index is 1.84. The number of nitrogens with zero attached hydrogens (tertiary/aromatic N) is 2. The van der Waals surface area contributed by atoms with Crippen molar-refractivity contribution in [3.05, 3.63) is 101 Å². The van der Waals surface area contributed by atoms with Crippen molar-refractivity contribution in [2.24, 2.45) is 0 Å². The van der Waals surface area contributed by atoms with E-state index in [9.17, 15) is 14.4 Å². The van der Waals surface area contributed by atoms with Gasteiger partial charge >= 0.3 is 11.9 Å². The second kappa shape index (κ2) is 9.34. The van der Waals surface area contributed by atoms with Crippen molar-refractivity contribution in [3.63, 3.8) is 0 Å². The van der Waals surface area contributed by atoms with E-state index in [1.807, 2.05) is 90.4 Å². The number of carbonyl (C=O) groups excluding carboxylic acids is 3. The van der Waals surface area contributed by atoms with Gasteiger partial charge in [0, 0.05) is 23.7 Å². The Bertz CT molecular complexity index is 1640. The van der Waals surface area contributed by atoms with Gasteiger partial charge in [0.25, 0.3) is 5.91 Å². The first-order chi connectivity index (χ1) is 19.3. The average molecular weight is 538 g/mol. The minimum absolute atomic E-state index is 0.0442. The van der Waals surface area contributed by atoms with E-state index in [1.165, 1.54) is 0 Å². The van der Waals surface area contributed by atoms with Crippen molar-refractivity contribution in [2.45, 2.75) is 37.9 Å². The smallest absolute Gasteiger partial charge is 0.339 e. The molecule has 6 rings (SSSR count). The minimum atomic E-state index is -2.07. The second-order valence-electron chi connectivity index (χ2n) is 10.2. The molecule has 0 saturated heterocycles. The SMILES string of the molecule is CCOC(=O)C1(C(=O)OCC)NC2(C(=O)N(C)c3ccccc32)n2c(c(C)c3ccccc32)C1c1ccccc1. The van der Waals surface area contributed by atoms with Gasteiger partial charge in [0.15, 0.2) is 0 Å². The van der Waals surface area contributed by atoms with Crippen LogP contribution < -0.4 is 10.2 Å². The zero-order valence-corrected chi connectivity index (χ0v) is 22.9. The summed E-state index contributed by atoms with van der Waals surface area (Å²) in [5.74, 6) is -2.77. The maximum absolute atomic E-state index is 14.6. The van der Waals surface area contributed by atoms with Gasteiger partial charge in [-0.25, -0.2) is 9.59 Å². The van der Waals surface area contributed by atoms with E-state index in [0.717, 1.165) is 16.5 Å². The number of fused-ring (bicyclic) bond motifs is 6. The number of esters is 2. The van der Waals surface area contributed by atoms with Gasteiger partial charge in [0.1, 0.15) is 0 Å². The van der Waals surface area contributed by atoms with E-state index in [1.54, 1.807) is 25.8 Å². The number of hydrogen-bond donors (Lipinski definition) is 1. The zero-order chi connectivity index (χ0) is 28.2. The Morgan fingerprint density at radius 1 is 0.875 bits per heavy atom. The number of amides is 1. The van der Waals surface area contributed by atoms with Crippen LogP contribution in [-0.4, -0.2) is 48.2 Å². The van der Waals surface area contributed by atoms with Crippen LogP contribution in [0.3, 0.4) is 0 Å². The highest BCUT2D eigenvalue weighted by atomic mass is 16.6. The molecule has 8 heteroatoms. The maximum atomic E-state index is 14.6. The topological polar surface area (TPSA) is 89.9 Å². The summed E-state index contributed by atoms with van der Waals surface area (Å²) in [4.78, 5) is 44.7. The number of para-hydroxylation sites is 2. The average Bonchev–Trinajstić information content (AvgIpc) is 3.39. The molecule has 0 bridgehead atoms. The zero-order valence-electron chi connectivity index (χ0n) is 22.9. The fourth-order valence-corrected chi connectivity index (χ4v) is 6.59. The number of ether oxygens (including phenoxy) is 2. The lowest BCUT2D eigenvalue weighted by atomic mass is 9.72. The first-order valence-electron chi connectivity index (χ1n) is 13.5. The van der Waals surface area contributed by atoms with E-state index in [4.69, 9.17) is 9.47 Å². The van der Waals surface area contributed by atoms with Crippen LogP contribution in [0.2, 0.25) is 0 Å². The summed E-state index contributed by atoms with van der Waals surface area (Å²) < 4.78 is 13.3. The number of aryl methyl sites for hydroxylation is 1. The highest BCUT2D eigenvalue weighted by Crippen LogP contribution is 2.53. The molecule has 1 N–H and O–H groups in total. The molecule has 2 aliphatic rings. The monoisotopic (exact) mass is 537 g/mol. The Kier molecular flexibility index (Phi) is 6.03.